The molecule has 1 amide bonds. The van der Waals surface area contributed by atoms with E-state index in [-0.39, 0.29) is 29.7 Å². The van der Waals surface area contributed by atoms with E-state index in [2.05, 4.69) is 12.1 Å². The van der Waals surface area contributed by atoms with Gasteiger partial charge in [-0.3, -0.25) is 4.79 Å². The maximum atomic E-state index is 12.9. The second kappa shape index (κ2) is 6.64. The van der Waals surface area contributed by atoms with Gasteiger partial charge in [0.15, 0.2) is 0 Å². The van der Waals surface area contributed by atoms with Crippen molar-refractivity contribution in [3.05, 3.63) is 69.7 Å². The lowest BCUT2D eigenvalue weighted by Gasteiger charge is -2.17. The molecule has 2 unspecified atom stereocenters. The van der Waals surface area contributed by atoms with E-state index in [9.17, 15) is 4.79 Å². The molecule has 2 aromatic rings. The van der Waals surface area contributed by atoms with Crippen LogP contribution < -0.4 is 5.73 Å². The normalized spacial score (nSPS) is 28.2. The van der Waals surface area contributed by atoms with Crippen molar-refractivity contribution in [1.82, 2.24) is 4.90 Å². The Morgan fingerprint density at radius 3 is 2.52 bits per heavy atom. The van der Waals surface area contributed by atoms with Crippen molar-refractivity contribution >= 4 is 29.1 Å². The van der Waals surface area contributed by atoms with Crippen LogP contribution in [0.5, 0.6) is 0 Å². The summed E-state index contributed by atoms with van der Waals surface area (Å²) in [6, 6.07) is 15.8. The van der Waals surface area contributed by atoms with Crippen LogP contribution in [0.1, 0.15) is 29.4 Å². The first-order valence-corrected chi connectivity index (χ1v) is 9.35. The molecule has 1 aliphatic heterocycles. The summed E-state index contributed by atoms with van der Waals surface area (Å²) in [5, 5.41) is 1.12. The molecule has 0 radical (unpaired) electrons. The van der Waals surface area contributed by atoms with Crippen molar-refractivity contribution in [2.45, 2.75) is 24.3 Å². The minimum absolute atomic E-state index is 0.00214. The molecule has 1 saturated carbocycles. The van der Waals surface area contributed by atoms with Gasteiger partial charge in [-0.05, 0) is 29.5 Å². The van der Waals surface area contributed by atoms with Gasteiger partial charge >= 0.3 is 0 Å². The van der Waals surface area contributed by atoms with E-state index in [1.165, 1.54) is 5.56 Å². The second-order valence-electron chi connectivity index (χ2n) is 7.02. The minimum atomic E-state index is -0.0155. The number of amides is 1. The van der Waals surface area contributed by atoms with Crippen LogP contribution in [0, 0.1) is 5.92 Å². The standard InChI is InChI=1S/C20H20Cl2N2O/c21-17-8-4-7-13(19(17)22)14-9-15(14)20(25)24-10-16(18(23)11-24)12-5-2-1-3-6-12/h1-8,14-16,18H,9-11,23H2/t14?,15?,16-,18+/m0/s1. The number of hydrogen-bond donors (Lipinski definition) is 1. The Kier molecular flexibility index (Phi) is 4.48. The number of hydrogen-bond acceptors (Lipinski definition) is 2. The molecule has 4 rings (SSSR count). The number of nitrogens with two attached hydrogens (primary N) is 1. The Morgan fingerprint density at radius 1 is 1.00 bits per heavy atom. The van der Waals surface area contributed by atoms with Crippen molar-refractivity contribution in [3.8, 4) is 0 Å². The first kappa shape index (κ1) is 16.9. The molecule has 1 saturated heterocycles. The highest BCUT2D eigenvalue weighted by atomic mass is 35.5. The van der Waals surface area contributed by atoms with E-state index in [1.54, 1.807) is 6.07 Å². The Hall–Kier alpha value is -1.55. The van der Waals surface area contributed by atoms with Crippen molar-refractivity contribution < 1.29 is 4.79 Å². The fourth-order valence-corrected chi connectivity index (χ4v) is 4.36. The third-order valence-corrected chi connectivity index (χ3v) is 6.23. The van der Waals surface area contributed by atoms with Gasteiger partial charge in [-0.25, -0.2) is 0 Å². The van der Waals surface area contributed by atoms with Crippen molar-refractivity contribution in [1.29, 1.82) is 0 Å². The Bertz CT molecular complexity index is 796. The van der Waals surface area contributed by atoms with Crippen molar-refractivity contribution in [2.75, 3.05) is 13.1 Å². The molecule has 130 valence electrons. The number of halogens is 2. The van der Waals surface area contributed by atoms with Gasteiger partial charge < -0.3 is 10.6 Å². The minimum Gasteiger partial charge on any atom is -0.340 e. The molecular formula is C20H20Cl2N2O. The van der Waals surface area contributed by atoms with Crippen LogP contribution in [0.25, 0.3) is 0 Å². The van der Waals surface area contributed by atoms with Gasteiger partial charge in [-0.1, -0.05) is 65.7 Å². The highest BCUT2D eigenvalue weighted by Crippen LogP contribution is 2.52. The molecule has 0 bridgehead atoms. The smallest absolute Gasteiger partial charge is 0.226 e. The lowest BCUT2D eigenvalue weighted by atomic mass is 9.95. The molecule has 3 nitrogen and oxygen atoms in total. The summed E-state index contributed by atoms with van der Waals surface area (Å²) in [4.78, 5) is 14.8. The quantitative estimate of drug-likeness (QED) is 0.880. The molecule has 2 aliphatic rings. The number of carbonyl (C=O) groups is 1. The van der Waals surface area contributed by atoms with Gasteiger partial charge in [0.2, 0.25) is 5.91 Å². The lowest BCUT2D eigenvalue weighted by molar-refractivity contribution is -0.131. The van der Waals surface area contributed by atoms with Crippen LogP contribution in [-0.2, 0) is 4.79 Å². The molecule has 2 N–H and O–H groups in total. The van der Waals surface area contributed by atoms with Crippen LogP contribution in [0.3, 0.4) is 0 Å². The van der Waals surface area contributed by atoms with Gasteiger partial charge in [0.05, 0.1) is 10.0 Å². The Morgan fingerprint density at radius 2 is 1.76 bits per heavy atom. The van der Waals surface area contributed by atoms with Crippen LogP contribution in [-0.4, -0.2) is 29.9 Å². The maximum Gasteiger partial charge on any atom is 0.226 e. The fraction of sp³-hybridized carbons (Fsp3) is 0.350. The fourth-order valence-electron chi connectivity index (χ4n) is 3.91. The number of carbonyl (C=O) groups excluding carboxylic acids is 1. The highest BCUT2D eigenvalue weighted by molar-refractivity contribution is 6.42. The topological polar surface area (TPSA) is 46.3 Å². The van der Waals surface area contributed by atoms with Gasteiger partial charge in [-0.2, -0.15) is 0 Å². The first-order chi connectivity index (χ1) is 12.1. The first-order valence-electron chi connectivity index (χ1n) is 8.59. The summed E-state index contributed by atoms with van der Waals surface area (Å²) < 4.78 is 0. The third-order valence-electron chi connectivity index (χ3n) is 5.39. The molecule has 1 heterocycles. The summed E-state index contributed by atoms with van der Waals surface area (Å²) in [6.45, 7) is 1.31. The molecule has 2 aromatic carbocycles. The summed E-state index contributed by atoms with van der Waals surface area (Å²) in [5.74, 6) is 0.565. The van der Waals surface area contributed by atoms with Gasteiger partial charge in [0.25, 0.3) is 0 Å². The molecular weight excluding hydrogens is 355 g/mol. The Labute approximate surface area is 157 Å². The number of nitrogens with zero attached hydrogens (tertiary/aromatic N) is 1. The molecule has 0 aromatic heterocycles. The van der Waals surface area contributed by atoms with Crippen LogP contribution in [0.2, 0.25) is 10.0 Å². The second-order valence-corrected chi connectivity index (χ2v) is 7.80. The van der Waals surface area contributed by atoms with Crippen LogP contribution in [0.4, 0.5) is 0 Å². The molecule has 1 aliphatic carbocycles. The maximum absolute atomic E-state index is 12.9. The largest absolute Gasteiger partial charge is 0.340 e. The summed E-state index contributed by atoms with van der Waals surface area (Å²) in [5.41, 5.74) is 8.50. The average Bonchev–Trinajstić information content (AvgIpc) is 3.32. The van der Waals surface area contributed by atoms with Crippen LogP contribution in [0.15, 0.2) is 48.5 Å². The van der Waals surface area contributed by atoms with Gasteiger partial charge in [0, 0.05) is 31.0 Å². The number of benzene rings is 2. The predicted octanol–water partition coefficient (Wildman–Crippen LogP) is 4.05. The van der Waals surface area contributed by atoms with Gasteiger partial charge in [0.1, 0.15) is 0 Å². The van der Waals surface area contributed by atoms with E-state index in [4.69, 9.17) is 28.9 Å². The summed E-state index contributed by atoms with van der Waals surface area (Å²) in [7, 11) is 0. The predicted molar refractivity (Wildman–Crippen MR) is 101 cm³/mol. The van der Waals surface area contributed by atoms with Crippen molar-refractivity contribution in [3.63, 3.8) is 0 Å². The van der Waals surface area contributed by atoms with E-state index in [0.717, 1.165) is 12.0 Å². The van der Waals surface area contributed by atoms with E-state index in [1.807, 2.05) is 35.2 Å². The summed E-state index contributed by atoms with van der Waals surface area (Å²) >= 11 is 12.4. The van der Waals surface area contributed by atoms with E-state index >= 15 is 0 Å². The van der Waals surface area contributed by atoms with E-state index in [0.29, 0.717) is 23.1 Å². The van der Waals surface area contributed by atoms with Crippen LogP contribution >= 0.6 is 23.2 Å². The number of rotatable bonds is 3. The molecule has 0 spiro atoms. The van der Waals surface area contributed by atoms with Gasteiger partial charge in [-0.15, -0.1) is 0 Å². The number of likely N-dealkylation sites (tertiary alicyclic amines) is 1. The highest BCUT2D eigenvalue weighted by Gasteiger charge is 2.48. The molecule has 5 heteroatoms. The molecule has 4 atom stereocenters. The zero-order valence-corrected chi connectivity index (χ0v) is 15.3. The van der Waals surface area contributed by atoms with Crippen molar-refractivity contribution in [2.24, 2.45) is 11.7 Å². The molecule has 25 heavy (non-hydrogen) atoms. The van der Waals surface area contributed by atoms with E-state index < -0.39 is 0 Å². The third kappa shape index (κ3) is 3.17. The monoisotopic (exact) mass is 374 g/mol. The zero-order chi connectivity index (χ0) is 17.6. The molecule has 2 fully saturated rings. The lowest BCUT2D eigenvalue weighted by Crippen LogP contribution is -2.33. The Balaban J connectivity index is 1.46. The zero-order valence-electron chi connectivity index (χ0n) is 13.7. The average molecular weight is 375 g/mol. The summed E-state index contributed by atoms with van der Waals surface area (Å²) in [6.07, 6.45) is 0.834. The SMILES string of the molecule is N[C@@H]1CN(C(=O)C2CC2c2cccc(Cl)c2Cl)C[C@H]1c1ccccc1.